The summed E-state index contributed by atoms with van der Waals surface area (Å²) in [6, 6.07) is 7.52. The molecule has 1 aromatic carbocycles. The minimum Gasteiger partial charge on any atom is -0.508 e. The quantitative estimate of drug-likeness (QED) is 0.595. The van der Waals surface area contributed by atoms with Gasteiger partial charge in [0.1, 0.15) is 11.4 Å². The molecule has 0 aliphatic carbocycles. The summed E-state index contributed by atoms with van der Waals surface area (Å²) in [5.41, 5.74) is 1.68. The summed E-state index contributed by atoms with van der Waals surface area (Å²) in [6.45, 7) is 0. The Bertz CT molecular complexity index is 1100. The number of fused-ring (bicyclic) bond motifs is 1. The van der Waals surface area contributed by atoms with Crippen LogP contribution in [-0.4, -0.2) is 29.3 Å². The molecule has 0 spiro atoms. The van der Waals surface area contributed by atoms with Crippen LogP contribution in [0.5, 0.6) is 5.75 Å². The Morgan fingerprint density at radius 3 is 2.38 bits per heavy atom. The van der Waals surface area contributed by atoms with Crippen molar-refractivity contribution in [3.63, 3.8) is 0 Å². The molecule has 3 aromatic heterocycles. The van der Waals surface area contributed by atoms with Gasteiger partial charge in [0, 0.05) is 18.8 Å². The van der Waals surface area contributed by atoms with Gasteiger partial charge in [0.15, 0.2) is 11.3 Å². The number of aromatic hydroxyl groups is 1. The maximum absolute atomic E-state index is 12.9. The predicted molar refractivity (Wildman–Crippen MR) is 87.3 cm³/mol. The van der Waals surface area contributed by atoms with Crippen LogP contribution >= 0.6 is 0 Å². The van der Waals surface area contributed by atoms with E-state index in [2.05, 4.69) is 15.1 Å². The van der Waals surface area contributed by atoms with Gasteiger partial charge >= 0.3 is 6.18 Å². The molecule has 6 nitrogen and oxygen atoms in total. The van der Waals surface area contributed by atoms with Gasteiger partial charge in [-0.25, -0.2) is 9.97 Å². The first-order valence-corrected chi connectivity index (χ1v) is 7.57. The van der Waals surface area contributed by atoms with E-state index in [1.54, 1.807) is 41.1 Å². The van der Waals surface area contributed by atoms with Crippen molar-refractivity contribution in [2.75, 3.05) is 0 Å². The molecule has 0 aliphatic rings. The average molecular weight is 359 g/mol. The summed E-state index contributed by atoms with van der Waals surface area (Å²) in [7, 11) is 1.44. The van der Waals surface area contributed by atoms with Crippen LogP contribution in [0.4, 0.5) is 13.2 Å². The maximum atomic E-state index is 12.9. The van der Waals surface area contributed by atoms with Crippen LogP contribution in [0.2, 0.25) is 0 Å². The molecule has 0 unspecified atom stereocenters. The van der Waals surface area contributed by atoms with Crippen molar-refractivity contribution in [3.8, 4) is 28.4 Å². The second kappa shape index (κ2) is 5.58. The number of aryl methyl sites for hydroxylation is 1. The number of aromatic nitrogens is 5. The number of nitrogens with zero attached hydrogens (tertiary/aromatic N) is 5. The third-order valence-corrected chi connectivity index (χ3v) is 3.99. The van der Waals surface area contributed by atoms with Gasteiger partial charge in [-0.05, 0) is 30.3 Å². The molecule has 3 heterocycles. The Hall–Kier alpha value is -3.36. The highest BCUT2D eigenvalue weighted by atomic mass is 19.4. The molecular formula is C17H12F3N5O. The third kappa shape index (κ3) is 2.67. The Kier molecular flexibility index (Phi) is 3.46. The lowest BCUT2D eigenvalue weighted by atomic mass is 10.1. The first-order valence-electron chi connectivity index (χ1n) is 7.57. The molecule has 0 bridgehead atoms. The van der Waals surface area contributed by atoms with Crippen molar-refractivity contribution in [2.24, 2.45) is 7.05 Å². The smallest absolute Gasteiger partial charge is 0.435 e. The lowest BCUT2D eigenvalue weighted by Gasteiger charge is -2.05. The van der Waals surface area contributed by atoms with Gasteiger partial charge in [-0.1, -0.05) is 0 Å². The van der Waals surface area contributed by atoms with Crippen LogP contribution < -0.4 is 0 Å². The van der Waals surface area contributed by atoms with Crippen LogP contribution in [0.25, 0.3) is 28.3 Å². The summed E-state index contributed by atoms with van der Waals surface area (Å²) in [5.74, 6) is 0.138. The van der Waals surface area contributed by atoms with Crippen molar-refractivity contribution in [1.29, 1.82) is 0 Å². The van der Waals surface area contributed by atoms with Gasteiger partial charge in [0.25, 0.3) is 0 Å². The second-order valence-corrected chi connectivity index (χ2v) is 5.73. The highest BCUT2D eigenvalue weighted by Crippen LogP contribution is 2.31. The highest BCUT2D eigenvalue weighted by Gasteiger charge is 2.34. The Labute approximate surface area is 145 Å². The monoisotopic (exact) mass is 359 g/mol. The molecule has 0 saturated heterocycles. The van der Waals surface area contributed by atoms with E-state index in [4.69, 9.17) is 0 Å². The summed E-state index contributed by atoms with van der Waals surface area (Å²) < 4.78 is 41.5. The summed E-state index contributed by atoms with van der Waals surface area (Å²) in [4.78, 5) is 8.46. The van der Waals surface area contributed by atoms with E-state index < -0.39 is 11.9 Å². The molecule has 0 aliphatic heterocycles. The molecule has 0 amide bonds. The Morgan fingerprint density at radius 2 is 1.73 bits per heavy atom. The first kappa shape index (κ1) is 16.1. The molecule has 1 N–H and O–H groups in total. The maximum Gasteiger partial charge on any atom is 0.435 e. The van der Waals surface area contributed by atoms with Crippen LogP contribution in [0.15, 0.2) is 48.9 Å². The number of rotatable bonds is 2. The molecule has 4 rings (SSSR count). The minimum atomic E-state index is -4.52. The number of hydrogen-bond donors (Lipinski definition) is 1. The van der Waals surface area contributed by atoms with Crippen molar-refractivity contribution in [2.45, 2.75) is 6.18 Å². The van der Waals surface area contributed by atoms with Crippen molar-refractivity contribution < 1.29 is 18.3 Å². The molecule has 0 atom stereocenters. The molecule has 4 aromatic rings. The lowest BCUT2D eigenvalue weighted by Crippen LogP contribution is -2.06. The van der Waals surface area contributed by atoms with E-state index in [9.17, 15) is 18.3 Å². The standard InChI is InChI=1S/C17H12F3N5O/c1-24-13(6-15(23-24)17(18,19)20)12-9-25-14(7-22-16(25)8-21-12)10-2-4-11(26)5-3-10/h2-9,26H,1H3. The number of hydrogen-bond acceptors (Lipinski definition) is 4. The minimum absolute atomic E-state index is 0.138. The van der Waals surface area contributed by atoms with Gasteiger partial charge < -0.3 is 5.11 Å². The zero-order valence-corrected chi connectivity index (χ0v) is 13.4. The van der Waals surface area contributed by atoms with E-state index in [1.807, 2.05) is 0 Å². The molecule has 9 heteroatoms. The van der Waals surface area contributed by atoms with Crippen LogP contribution in [0, 0.1) is 0 Å². The molecule has 132 valence electrons. The normalized spacial score (nSPS) is 12.0. The van der Waals surface area contributed by atoms with E-state index in [1.165, 1.54) is 13.2 Å². The summed E-state index contributed by atoms with van der Waals surface area (Å²) >= 11 is 0. The van der Waals surface area contributed by atoms with E-state index in [-0.39, 0.29) is 11.4 Å². The van der Waals surface area contributed by atoms with Gasteiger partial charge in [-0.3, -0.25) is 9.08 Å². The fourth-order valence-electron chi connectivity index (χ4n) is 2.71. The lowest BCUT2D eigenvalue weighted by molar-refractivity contribution is -0.141. The van der Waals surface area contributed by atoms with Crippen LogP contribution in [0.3, 0.4) is 0 Å². The van der Waals surface area contributed by atoms with Gasteiger partial charge in [0.2, 0.25) is 0 Å². The van der Waals surface area contributed by atoms with E-state index in [0.717, 1.165) is 22.0 Å². The number of phenolic OH excluding ortho intramolecular Hbond substituents is 1. The largest absolute Gasteiger partial charge is 0.508 e. The Morgan fingerprint density at radius 1 is 1.00 bits per heavy atom. The topological polar surface area (TPSA) is 68.2 Å². The van der Waals surface area contributed by atoms with Gasteiger partial charge in [-0.15, -0.1) is 0 Å². The van der Waals surface area contributed by atoms with Crippen molar-refractivity contribution in [1.82, 2.24) is 24.1 Å². The average Bonchev–Trinajstić information content (AvgIpc) is 3.18. The summed E-state index contributed by atoms with van der Waals surface area (Å²) in [6.07, 6.45) is 0.213. The van der Waals surface area contributed by atoms with Crippen LogP contribution in [-0.2, 0) is 13.2 Å². The van der Waals surface area contributed by atoms with Crippen LogP contribution in [0.1, 0.15) is 5.69 Å². The van der Waals surface area contributed by atoms with Gasteiger partial charge in [0.05, 0.1) is 23.8 Å². The van der Waals surface area contributed by atoms with E-state index in [0.29, 0.717) is 11.3 Å². The molecule has 0 fully saturated rings. The first-order chi connectivity index (χ1) is 12.3. The third-order valence-electron chi connectivity index (χ3n) is 3.99. The summed E-state index contributed by atoms with van der Waals surface area (Å²) in [5, 5.41) is 12.9. The number of phenols is 1. The van der Waals surface area contributed by atoms with E-state index >= 15 is 0 Å². The van der Waals surface area contributed by atoms with Crippen molar-refractivity contribution in [3.05, 3.63) is 54.6 Å². The second-order valence-electron chi connectivity index (χ2n) is 5.73. The number of alkyl halides is 3. The number of imidazole rings is 1. The van der Waals surface area contributed by atoms with Crippen molar-refractivity contribution >= 4 is 5.65 Å². The fourth-order valence-corrected chi connectivity index (χ4v) is 2.71. The number of halogens is 3. The molecule has 0 saturated carbocycles. The fraction of sp³-hybridized carbons (Fsp3) is 0.118. The predicted octanol–water partition coefficient (Wildman–Crippen LogP) is 3.52. The molecule has 0 radical (unpaired) electrons. The van der Waals surface area contributed by atoms with Gasteiger partial charge in [-0.2, -0.15) is 18.3 Å². The molecule has 26 heavy (non-hydrogen) atoms. The SMILES string of the molecule is Cn1nc(C(F)(F)F)cc1-c1cn2c(-c3ccc(O)cc3)cnc2cn1. The molecular weight excluding hydrogens is 347 g/mol. The number of benzene rings is 1. The highest BCUT2D eigenvalue weighted by molar-refractivity contribution is 5.66. The Balaban J connectivity index is 1.84. The zero-order chi connectivity index (χ0) is 18.5. The zero-order valence-electron chi connectivity index (χ0n) is 13.4.